The molecule has 0 radical (unpaired) electrons. The summed E-state index contributed by atoms with van der Waals surface area (Å²) < 4.78 is 19.2. The Labute approximate surface area is 244 Å². The number of ether oxygens (including phenoxy) is 3. The Kier molecular flexibility index (Phi) is 5.30. The second-order valence-electron chi connectivity index (χ2n) is 11.4. The van der Waals surface area contributed by atoms with E-state index in [4.69, 9.17) is 14.2 Å². The van der Waals surface area contributed by atoms with Crippen molar-refractivity contribution in [3.05, 3.63) is 94.5 Å². The molecule has 1 spiro atoms. The zero-order valence-electron chi connectivity index (χ0n) is 22.9. The summed E-state index contributed by atoms with van der Waals surface area (Å²) in [5, 5.41) is 62.5. The van der Waals surface area contributed by atoms with E-state index in [1.54, 1.807) is 38.1 Å². The normalized spacial score (nSPS) is 24.5. The standard InChI is InChI=1S/C33H26O10/c1-31(2)30(40)29-28-25(39)11-16(3-4-17-5-6-18(34)13-23(17)37)12-27(28)42-33(21-9-7-19(35)14-24(21)38)32(29,43-33)22-10-8-20(36)15-26(22)41-31/h3-15,29,34-39H,1-2H3/b4-3-. The average Bonchev–Trinajstić information content (AvgIpc) is 3.61. The van der Waals surface area contributed by atoms with Crippen LogP contribution in [-0.4, -0.2) is 42.0 Å². The summed E-state index contributed by atoms with van der Waals surface area (Å²) in [5.74, 6) is -4.32. The Balaban J connectivity index is 1.47. The van der Waals surface area contributed by atoms with E-state index in [2.05, 4.69) is 0 Å². The zero-order valence-corrected chi connectivity index (χ0v) is 22.9. The third kappa shape index (κ3) is 3.66. The van der Waals surface area contributed by atoms with Gasteiger partial charge in [-0.1, -0.05) is 12.2 Å². The van der Waals surface area contributed by atoms with E-state index in [9.17, 15) is 35.4 Å². The van der Waals surface area contributed by atoms with Gasteiger partial charge in [-0.3, -0.25) is 4.79 Å². The van der Waals surface area contributed by atoms with Gasteiger partial charge in [0.1, 0.15) is 46.0 Å². The number of hydrogen-bond donors (Lipinski definition) is 6. The molecule has 3 atom stereocenters. The number of fused-ring (bicyclic) bond motifs is 3. The number of phenols is 6. The number of benzene rings is 4. The minimum Gasteiger partial charge on any atom is -0.508 e. The molecule has 3 aliphatic heterocycles. The van der Waals surface area contributed by atoms with Crippen LogP contribution in [0.15, 0.2) is 66.7 Å². The number of epoxide rings is 1. The molecule has 218 valence electrons. The quantitative estimate of drug-likeness (QED) is 0.141. The number of carbonyl (C=O) groups excluding carboxylic acids is 1. The molecule has 6 N–H and O–H groups in total. The Morgan fingerprint density at radius 1 is 0.674 bits per heavy atom. The van der Waals surface area contributed by atoms with Crippen molar-refractivity contribution in [1.29, 1.82) is 0 Å². The fourth-order valence-corrected chi connectivity index (χ4v) is 6.25. The second kappa shape index (κ2) is 8.59. The number of phenolic OH excluding ortho intramolecular Hbond substituents is 6. The number of hydrogen-bond acceptors (Lipinski definition) is 10. The maximum Gasteiger partial charge on any atom is 0.277 e. The molecule has 4 aromatic carbocycles. The number of carbonyl (C=O) groups is 1. The Hall–Kier alpha value is -5.35. The number of Topliss-reactive ketones (excluding diaryl/α,β-unsaturated/α-hetero) is 1. The molecular weight excluding hydrogens is 556 g/mol. The van der Waals surface area contributed by atoms with Gasteiger partial charge in [0.25, 0.3) is 5.79 Å². The number of rotatable bonds is 3. The highest BCUT2D eigenvalue weighted by atomic mass is 16.8. The van der Waals surface area contributed by atoms with E-state index in [0.29, 0.717) is 16.7 Å². The van der Waals surface area contributed by atoms with Crippen LogP contribution >= 0.6 is 0 Å². The van der Waals surface area contributed by atoms with E-state index in [1.807, 2.05) is 0 Å². The lowest BCUT2D eigenvalue weighted by Gasteiger charge is -2.35. The topological polar surface area (TPSA) is 169 Å². The van der Waals surface area contributed by atoms with Gasteiger partial charge in [0.05, 0.1) is 17.0 Å². The van der Waals surface area contributed by atoms with E-state index < -0.39 is 28.7 Å². The van der Waals surface area contributed by atoms with Gasteiger partial charge < -0.3 is 44.8 Å². The van der Waals surface area contributed by atoms with E-state index in [1.165, 1.54) is 48.5 Å². The first-order valence-corrected chi connectivity index (χ1v) is 13.4. The van der Waals surface area contributed by atoms with E-state index in [0.717, 1.165) is 6.07 Å². The molecule has 1 fully saturated rings. The van der Waals surface area contributed by atoms with Crippen LogP contribution < -0.4 is 9.47 Å². The Morgan fingerprint density at radius 2 is 1.33 bits per heavy atom. The van der Waals surface area contributed by atoms with E-state index in [-0.39, 0.29) is 57.1 Å². The number of ketones is 1. The zero-order chi connectivity index (χ0) is 30.5. The van der Waals surface area contributed by atoms with Gasteiger partial charge in [0.2, 0.25) is 0 Å². The molecule has 0 amide bonds. The minimum absolute atomic E-state index is 0.0954. The monoisotopic (exact) mass is 582 g/mol. The highest BCUT2D eigenvalue weighted by Crippen LogP contribution is 2.76. The second-order valence-corrected chi connectivity index (χ2v) is 11.4. The summed E-state index contributed by atoms with van der Waals surface area (Å²) in [7, 11) is 0. The van der Waals surface area contributed by atoms with Crippen LogP contribution in [0.1, 0.15) is 47.6 Å². The summed E-state index contributed by atoms with van der Waals surface area (Å²) >= 11 is 0. The van der Waals surface area contributed by atoms with Crippen molar-refractivity contribution in [1.82, 2.24) is 0 Å². The Morgan fingerprint density at radius 3 is 2.02 bits per heavy atom. The Bertz CT molecular complexity index is 1890. The van der Waals surface area contributed by atoms with Crippen molar-refractivity contribution in [2.75, 3.05) is 0 Å². The summed E-state index contributed by atoms with van der Waals surface area (Å²) in [4.78, 5) is 14.4. The fourth-order valence-electron chi connectivity index (χ4n) is 6.25. The first-order chi connectivity index (χ1) is 20.4. The van der Waals surface area contributed by atoms with Crippen molar-refractivity contribution in [2.24, 2.45) is 0 Å². The molecule has 3 heterocycles. The van der Waals surface area contributed by atoms with Crippen LogP contribution in [0.5, 0.6) is 46.0 Å². The maximum atomic E-state index is 14.4. The molecule has 0 aromatic heterocycles. The van der Waals surface area contributed by atoms with Crippen LogP contribution in [0.3, 0.4) is 0 Å². The number of aromatic hydroxyl groups is 6. The molecule has 0 aliphatic carbocycles. The van der Waals surface area contributed by atoms with Crippen molar-refractivity contribution in [2.45, 2.75) is 36.8 Å². The first-order valence-electron chi connectivity index (χ1n) is 13.4. The molecule has 1 saturated heterocycles. The smallest absolute Gasteiger partial charge is 0.277 e. The third-order valence-corrected chi connectivity index (χ3v) is 8.23. The summed E-state index contributed by atoms with van der Waals surface area (Å²) in [6.07, 6.45) is 3.19. The van der Waals surface area contributed by atoms with Gasteiger partial charge in [0.15, 0.2) is 17.0 Å². The van der Waals surface area contributed by atoms with Gasteiger partial charge in [0, 0.05) is 29.3 Å². The molecule has 7 rings (SSSR count). The molecule has 0 saturated carbocycles. The van der Waals surface area contributed by atoms with Crippen LogP contribution in [0.4, 0.5) is 0 Å². The molecule has 3 aliphatic rings. The molecular formula is C33H26O10. The highest BCUT2D eigenvalue weighted by molar-refractivity contribution is 5.98. The van der Waals surface area contributed by atoms with Crippen LogP contribution in [-0.2, 0) is 20.9 Å². The summed E-state index contributed by atoms with van der Waals surface area (Å²) in [6.45, 7) is 3.16. The lowest BCUT2D eigenvalue weighted by molar-refractivity contribution is -0.134. The van der Waals surface area contributed by atoms with Gasteiger partial charge in [-0.25, -0.2) is 0 Å². The molecule has 4 aromatic rings. The van der Waals surface area contributed by atoms with Crippen molar-refractivity contribution < 1.29 is 49.6 Å². The predicted molar refractivity (Wildman–Crippen MR) is 152 cm³/mol. The fraction of sp³-hybridized carbons (Fsp3) is 0.182. The van der Waals surface area contributed by atoms with Gasteiger partial charge in [-0.05, 0) is 67.9 Å². The van der Waals surface area contributed by atoms with Crippen molar-refractivity contribution in [3.8, 4) is 46.0 Å². The molecule has 10 nitrogen and oxygen atoms in total. The first kappa shape index (κ1) is 26.5. The molecule has 10 heteroatoms. The average molecular weight is 583 g/mol. The lowest BCUT2D eigenvalue weighted by atomic mass is 9.69. The van der Waals surface area contributed by atoms with Gasteiger partial charge in [-0.15, -0.1) is 0 Å². The van der Waals surface area contributed by atoms with Crippen molar-refractivity contribution >= 4 is 17.9 Å². The van der Waals surface area contributed by atoms with Crippen LogP contribution in [0.25, 0.3) is 12.2 Å². The van der Waals surface area contributed by atoms with Crippen molar-refractivity contribution in [3.63, 3.8) is 0 Å². The predicted octanol–water partition coefficient (Wildman–Crippen LogP) is 5.09. The summed E-state index contributed by atoms with van der Waals surface area (Å²) in [6, 6.07) is 15.4. The third-order valence-electron chi connectivity index (χ3n) is 8.23. The van der Waals surface area contributed by atoms with Crippen LogP contribution in [0, 0.1) is 0 Å². The summed E-state index contributed by atoms with van der Waals surface area (Å²) in [5.41, 5.74) is -1.58. The van der Waals surface area contributed by atoms with E-state index >= 15 is 0 Å². The van der Waals surface area contributed by atoms with Gasteiger partial charge >= 0.3 is 0 Å². The lowest BCUT2D eigenvalue weighted by Crippen LogP contribution is -2.46. The largest absolute Gasteiger partial charge is 0.508 e. The highest BCUT2D eigenvalue weighted by Gasteiger charge is 2.84. The molecule has 43 heavy (non-hydrogen) atoms. The minimum atomic E-state index is -1.79. The van der Waals surface area contributed by atoms with Crippen LogP contribution in [0.2, 0.25) is 0 Å². The SMILES string of the molecule is CC1(C)Oc2cc(O)ccc2C23OC2(c2ccc(O)cc2O)Oc2cc(/C=C\c4ccc(O)cc4O)cc(O)c2C3C1=O. The molecule has 3 unspecified atom stereocenters. The molecule has 0 bridgehead atoms. The van der Waals surface area contributed by atoms with Gasteiger partial charge in [-0.2, -0.15) is 0 Å². The maximum absolute atomic E-state index is 14.4.